The van der Waals surface area contributed by atoms with Crippen molar-refractivity contribution in [2.45, 2.75) is 31.9 Å². The first-order valence-electron chi connectivity index (χ1n) is 8.12. The van der Waals surface area contributed by atoms with Gasteiger partial charge in [0.15, 0.2) is 0 Å². The Labute approximate surface area is 143 Å². The molecule has 7 heteroatoms. The Balaban J connectivity index is 2.14. The smallest absolute Gasteiger partial charge is 0.417 e. The number of carbonyl (C=O) groups is 2. The average molecular weight is 355 g/mol. The highest BCUT2D eigenvalue weighted by Gasteiger charge is 2.36. The molecule has 0 aliphatic carbocycles. The van der Waals surface area contributed by atoms with Crippen LogP contribution < -0.4 is 0 Å². The number of halogens is 3. The lowest BCUT2D eigenvalue weighted by Gasteiger charge is -2.32. The molecular formula is C18H20F3NO3. The van der Waals surface area contributed by atoms with Crippen molar-refractivity contribution < 1.29 is 27.9 Å². The number of alkyl halides is 3. The van der Waals surface area contributed by atoms with Crippen molar-refractivity contribution in [1.29, 1.82) is 0 Å². The number of carboxylic acid groups (broad SMARTS) is 1. The molecule has 0 aromatic heterocycles. The number of allylic oxidation sites excluding steroid dienone is 1. The van der Waals surface area contributed by atoms with Gasteiger partial charge in [-0.1, -0.05) is 30.3 Å². The van der Waals surface area contributed by atoms with Crippen molar-refractivity contribution in [2.75, 3.05) is 13.1 Å². The first kappa shape index (κ1) is 19.0. The van der Waals surface area contributed by atoms with E-state index in [-0.39, 0.29) is 17.9 Å². The van der Waals surface area contributed by atoms with E-state index in [1.165, 1.54) is 29.2 Å². The predicted molar refractivity (Wildman–Crippen MR) is 86.6 cm³/mol. The number of amides is 1. The third kappa shape index (κ3) is 5.62. The van der Waals surface area contributed by atoms with E-state index in [2.05, 4.69) is 0 Å². The first-order valence-corrected chi connectivity index (χ1v) is 8.12. The Hall–Kier alpha value is -2.31. The lowest BCUT2D eigenvalue weighted by Crippen LogP contribution is -2.39. The summed E-state index contributed by atoms with van der Waals surface area (Å²) in [4.78, 5) is 24.4. The summed E-state index contributed by atoms with van der Waals surface area (Å²) in [7, 11) is 0. The largest absolute Gasteiger partial charge is 0.481 e. The molecule has 25 heavy (non-hydrogen) atoms. The number of rotatable bonds is 5. The minimum Gasteiger partial charge on any atom is -0.481 e. The Morgan fingerprint density at radius 3 is 2.52 bits per heavy atom. The van der Waals surface area contributed by atoms with Gasteiger partial charge < -0.3 is 10.0 Å². The third-order valence-electron chi connectivity index (χ3n) is 4.26. The summed E-state index contributed by atoms with van der Waals surface area (Å²) >= 11 is 0. The van der Waals surface area contributed by atoms with Gasteiger partial charge in [-0.05, 0) is 30.7 Å². The molecule has 2 rings (SSSR count). The van der Waals surface area contributed by atoms with Gasteiger partial charge in [0.2, 0.25) is 5.91 Å². The SMILES string of the molecule is O=C(O)CCC1CCCN(C(=O)C=C(c2ccccc2)C(F)(F)F)C1. The molecule has 136 valence electrons. The Bertz CT molecular complexity index is 641. The molecular weight excluding hydrogens is 335 g/mol. The number of carboxylic acids is 1. The maximum atomic E-state index is 13.3. The van der Waals surface area contributed by atoms with Crippen LogP contribution in [0.25, 0.3) is 5.57 Å². The highest BCUT2D eigenvalue weighted by Crippen LogP contribution is 2.34. The van der Waals surface area contributed by atoms with E-state index in [0.717, 1.165) is 6.42 Å². The first-order chi connectivity index (χ1) is 11.8. The van der Waals surface area contributed by atoms with E-state index < -0.39 is 23.6 Å². The number of hydrogen-bond donors (Lipinski definition) is 1. The number of piperidine rings is 1. The number of carbonyl (C=O) groups excluding carboxylic acids is 1. The molecule has 1 atom stereocenters. The van der Waals surface area contributed by atoms with Crippen molar-refractivity contribution in [3.8, 4) is 0 Å². The van der Waals surface area contributed by atoms with Gasteiger partial charge in [0, 0.05) is 25.6 Å². The monoisotopic (exact) mass is 355 g/mol. The maximum Gasteiger partial charge on any atom is 0.417 e. The molecule has 1 aromatic carbocycles. The van der Waals surface area contributed by atoms with E-state index in [4.69, 9.17) is 5.11 Å². The Morgan fingerprint density at radius 2 is 1.92 bits per heavy atom. The lowest BCUT2D eigenvalue weighted by atomic mass is 9.93. The highest BCUT2D eigenvalue weighted by molar-refractivity contribution is 5.96. The van der Waals surface area contributed by atoms with Gasteiger partial charge in [0.25, 0.3) is 0 Å². The van der Waals surface area contributed by atoms with Crippen LogP contribution >= 0.6 is 0 Å². The number of aliphatic carboxylic acids is 1. The molecule has 0 saturated carbocycles. The van der Waals surface area contributed by atoms with Gasteiger partial charge in [0.1, 0.15) is 0 Å². The van der Waals surface area contributed by atoms with Crippen molar-refractivity contribution in [3.05, 3.63) is 42.0 Å². The number of hydrogen-bond acceptors (Lipinski definition) is 2. The minimum atomic E-state index is -4.63. The minimum absolute atomic E-state index is 0.000350. The summed E-state index contributed by atoms with van der Waals surface area (Å²) in [6.45, 7) is 0.682. The molecule has 0 radical (unpaired) electrons. The summed E-state index contributed by atoms with van der Waals surface area (Å²) < 4.78 is 39.9. The quantitative estimate of drug-likeness (QED) is 0.819. The second kappa shape index (κ2) is 8.18. The number of nitrogens with zero attached hydrogens (tertiary/aromatic N) is 1. The van der Waals surface area contributed by atoms with Crippen LogP contribution in [-0.2, 0) is 9.59 Å². The van der Waals surface area contributed by atoms with Crippen LogP contribution in [-0.4, -0.2) is 41.1 Å². The summed E-state index contributed by atoms with van der Waals surface area (Å²) in [5, 5.41) is 8.74. The molecule has 1 saturated heterocycles. The lowest BCUT2D eigenvalue weighted by molar-refractivity contribution is -0.137. The predicted octanol–water partition coefficient (Wildman–Crippen LogP) is 3.74. The van der Waals surface area contributed by atoms with Crippen LogP contribution in [0.1, 0.15) is 31.2 Å². The van der Waals surface area contributed by atoms with Gasteiger partial charge in [-0.15, -0.1) is 0 Å². The van der Waals surface area contributed by atoms with Crippen molar-refractivity contribution in [3.63, 3.8) is 0 Å². The van der Waals surface area contributed by atoms with E-state index in [9.17, 15) is 22.8 Å². The van der Waals surface area contributed by atoms with E-state index in [0.29, 0.717) is 32.0 Å². The topological polar surface area (TPSA) is 57.6 Å². The van der Waals surface area contributed by atoms with Gasteiger partial charge >= 0.3 is 12.1 Å². The van der Waals surface area contributed by atoms with Gasteiger partial charge in [0.05, 0.1) is 5.57 Å². The Morgan fingerprint density at radius 1 is 1.24 bits per heavy atom. The van der Waals surface area contributed by atoms with Crippen molar-refractivity contribution >= 4 is 17.4 Å². The molecule has 1 amide bonds. The molecule has 1 aliphatic heterocycles. The van der Waals surface area contributed by atoms with Crippen LogP contribution in [0.5, 0.6) is 0 Å². The summed E-state index contributed by atoms with van der Waals surface area (Å²) in [6, 6.07) is 7.22. The van der Waals surface area contributed by atoms with Crippen LogP contribution in [0.3, 0.4) is 0 Å². The van der Waals surface area contributed by atoms with Crippen LogP contribution in [0.15, 0.2) is 36.4 Å². The molecule has 1 aromatic rings. The fraction of sp³-hybridized carbons (Fsp3) is 0.444. The molecule has 4 nitrogen and oxygen atoms in total. The van der Waals surface area contributed by atoms with Crippen LogP contribution in [0.2, 0.25) is 0 Å². The van der Waals surface area contributed by atoms with Gasteiger partial charge in [-0.2, -0.15) is 13.2 Å². The molecule has 1 fully saturated rings. The second-order valence-corrected chi connectivity index (χ2v) is 6.15. The summed E-state index contributed by atoms with van der Waals surface area (Å²) in [6.07, 6.45) is -2.11. The van der Waals surface area contributed by atoms with Crippen LogP contribution in [0, 0.1) is 5.92 Å². The van der Waals surface area contributed by atoms with E-state index in [1.54, 1.807) is 6.07 Å². The Kier molecular flexibility index (Phi) is 6.22. The summed E-state index contributed by atoms with van der Waals surface area (Å²) in [5.74, 6) is -1.59. The van der Waals surface area contributed by atoms with Crippen LogP contribution in [0.4, 0.5) is 13.2 Å². The standard InChI is InChI=1S/C18H20F3NO3/c19-18(20,21)15(14-6-2-1-3-7-14)11-16(23)22-10-4-5-13(12-22)8-9-17(24)25/h1-3,6-7,11,13H,4-5,8-10,12H2,(H,24,25). The molecule has 1 aliphatic rings. The van der Waals surface area contributed by atoms with Gasteiger partial charge in [-0.3, -0.25) is 9.59 Å². The van der Waals surface area contributed by atoms with E-state index >= 15 is 0 Å². The molecule has 0 spiro atoms. The summed E-state index contributed by atoms with van der Waals surface area (Å²) in [5.41, 5.74) is -1.02. The normalized spacial score (nSPS) is 18.9. The van der Waals surface area contributed by atoms with Crippen molar-refractivity contribution in [2.24, 2.45) is 5.92 Å². The third-order valence-corrected chi connectivity index (χ3v) is 4.26. The zero-order valence-corrected chi connectivity index (χ0v) is 13.6. The fourth-order valence-corrected chi connectivity index (χ4v) is 2.99. The molecule has 1 unspecified atom stereocenters. The molecule has 1 heterocycles. The van der Waals surface area contributed by atoms with Gasteiger partial charge in [-0.25, -0.2) is 0 Å². The zero-order chi connectivity index (χ0) is 18.4. The molecule has 1 N–H and O–H groups in total. The molecule has 0 bridgehead atoms. The fourth-order valence-electron chi connectivity index (χ4n) is 2.99. The van der Waals surface area contributed by atoms with Crippen molar-refractivity contribution in [1.82, 2.24) is 4.90 Å². The maximum absolute atomic E-state index is 13.3. The van der Waals surface area contributed by atoms with E-state index in [1.807, 2.05) is 0 Å². The second-order valence-electron chi connectivity index (χ2n) is 6.15. The average Bonchev–Trinajstić information content (AvgIpc) is 2.57. The number of benzene rings is 1. The highest BCUT2D eigenvalue weighted by atomic mass is 19.4. The number of likely N-dealkylation sites (tertiary alicyclic amines) is 1. The zero-order valence-electron chi connectivity index (χ0n) is 13.6.